The molecule has 4 heteroatoms. The molecule has 0 radical (unpaired) electrons. The zero-order chi connectivity index (χ0) is 14.2. The van der Waals surface area contributed by atoms with Gasteiger partial charge in [0.2, 0.25) is 0 Å². The number of carbonyl (C=O) groups excluding carboxylic acids is 1. The maximum absolute atomic E-state index is 11.9. The van der Waals surface area contributed by atoms with Gasteiger partial charge in [0, 0.05) is 0 Å². The van der Waals surface area contributed by atoms with Gasteiger partial charge in [-0.15, -0.1) is 0 Å². The predicted molar refractivity (Wildman–Crippen MR) is 78.6 cm³/mol. The Morgan fingerprint density at radius 3 is 2.65 bits per heavy atom. The average molecular weight is 283 g/mol. The maximum atomic E-state index is 11.9. The lowest BCUT2D eigenvalue weighted by atomic mass is 9.85. The highest BCUT2D eigenvalue weighted by atomic mass is 16.5. The van der Waals surface area contributed by atoms with Gasteiger partial charge in [-0.1, -0.05) is 13.3 Å². The molecule has 0 aromatic heterocycles. The van der Waals surface area contributed by atoms with Gasteiger partial charge < -0.3 is 14.8 Å². The number of piperidine rings is 1. The number of hydrogen-bond donors (Lipinski definition) is 1. The molecule has 1 saturated carbocycles. The van der Waals surface area contributed by atoms with E-state index in [2.05, 4.69) is 12.2 Å². The van der Waals surface area contributed by atoms with Crippen LogP contribution in [0.3, 0.4) is 0 Å². The first-order chi connectivity index (χ1) is 9.79. The van der Waals surface area contributed by atoms with Crippen molar-refractivity contribution in [1.82, 2.24) is 5.32 Å². The molecule has 0 aromatic rings. The van der Waals surface area contributed by atoms with Crippen molar-refractivity contribution in [2.75, 3.05) is 19.7 Å². The number of carbonyl (C=O) groups is 1. The molecule has 116 valence electrons. The van der Waals surface area contributed by atoms with Crippen LogP contribution in [0.2, 0.25) is 0 Å². The Kier molecular flexibility index (Phi) is 6.80. The van der Waals surface area contributed by atoms with Gasteiger partial charge in [0.05, 0.1) is 19.1 Å². The van der Waals surface area contributed by atoms with Crippen LogP contribution in [0.4, 0.5) is 0 Å². The fourth-order valence-corrected chi connectivity index (χ4v) is 3.29. The van der Waals surface area contributed by atoms with Crippen molar-refractivity contribution < 1.29 is 14.3 Å². The van der Waals surface area contributed by atoms with Crippen LogP contribution >= 0.6 is 0 Å². The number of rotatable bonds is 6. The Bertz CT molecular complexity index is 289. The van der Waals surface area contributed by atoms with Crippen molar-refractivity contribution in [2.24, 2.45) is 5.92 Å². The Morgan fingerprint density at radius 1 is 1.15 bits per heavy atom. The minimum absolute atomic E-state index is 0.0794. The molecule has 1 N–H and O–H groups in total. The summed E-state index contributed by atoms with van der Waals surface area (Å²) in [6.45, 7) is 4.74. The molecule has 2 fully saturated rings. The summed E-state index contributed by atoms with van der Waals surface area (Å²) in [6.07, 6.45) is 8.82. The summed E-state index contributed by atoms with van der Waals surface area (Å²) < 4.78 is 11.4. The second-order valence-corrected chi connectivity index (χ2v) is 6.05. The third-order valence-electron chi connectivity index (χ3n) is 4.59. The second-order valence-electron chi connectivity index (χ2n) is 6.05. The highest BCUT2D eigenvalue weighted by Gasteiger charge is 2.26. The Labute approximate surface area is 122 Å². The highest BCUT2D eigenvalue weighted by Crippen LogP contribution is 2.29. The van der Waals surface area contributed by atoms with Gasteiger partial charge in [0.25, 0.3) is 0 Å². The molecular formula is C16H29NO3. The fourth-order valence-electron chi connectivity index (χ4n) is 3.29. The van der Waals surface area contributed by atoms with Crippen LogP contribution in [0.15, 0.2) is 0 Å². The lowest BCUT2D eigenvalue weighted by Gasteiger charge is -2.30. The third-order valence-corrected chi connectivity index (χ3v) is 4.59. The zero-order valence-corrected chi connectivity index (χ0v) is 12.7. The van der Waals surface area contributed by atoms with Gasteiger partial charge in [0.1, 0.15) is 6.10 Å². The van der Waals surface area contributed by atoms with E-state index in [1.807, 2.05) is 0 Å². The quantitative estimate of drug-likeness (QED) is 0.761. The van der Waals surface area contributed by atoms with Crippen LogP contribution < -0.4 is 5.32 Å². The first-order valence-electron chi connectivity index (χ1n) is 8.31. The van der Waals surface area contributed by atoms with E-state index in [0.29, 0.717) is 25.0 Å². The summed E-state index contributed by atoms with van der Waals surface area (Å²) in [7, 11) is 0. The standard InChI is InChI=1S/C16H29NO3/c1-2-13-5-3-4-6-15(13)20-16(18)9-12-19-14-7-10-17-11-8-14/h13-15,17H,2-12H2,1H3. The Hall–Kier alpha value is -0.610. The van der Waals surface area contributed by atoms with Crippen molar-refractivity contribution in [3.05, 3.63) is 0 Å². The summed E-state index contributed by atoms with van der Waals surface area (Å²) in [5.74, 6) is 0.488. The van der Waals surface area contributed by atoms with E-state index in [1.165, 1.54) is 19.3 Å². The molecule has 2 atom stereocenters. The molecular weight excluding hydrogens is 254 g/mol. The molecule has 1 aliphatic carbocycles. The molecule has 2 unspecified atom stereocenters. The van der Waals surface area contributed by atoms with Crippen molar-refractivity contribution in [3.63, 3.8) is 0 Å². The second kappa shape index (κ2) is 8.63. The number of hydrogen-bond acceptors (Lipinski definition) is 4. The van der Waals surface area contributed by atoms with Crippen molar-refractivity contribution in [2.45, 2.75) is 70.5 Å². The highest BCUT2D eigenvalue weighted by molar-refractivity contribution is 5.69. The lowest BCUT2D eigenvalue weighted by molar-refractivity contribution is -0.155. The van der Waals surface area contributed by atoms with Gasteiger partial charge in [-0.05, 0) is 57.5 Å². The molecule has 1 saturated heterocycles. The van der Waals surface area contributed by atoms with Gasteiger partial charge in [0.15, 0.2) is 0 Å². The van der Waals surface area contributed by atoms with Crippen LogP contribution in [-0.4, -0.2) is 37.9 Å². The molecule has 2 rings (SSSR count). The van der Waals surface area contributed by atoms with Crippen molar-refractivity contribution in [3.8, 4) is 0 Å². The van der Waals surface area contributed by atoms with E-state index in [-0.39, 0.29) is 12.1 Å². The Balaban J connectivity index is 1.61. The summed E-state index contributed by atoms with van der Waals surface area (Å²) in [4.78, 5) is 11.9. The van der Waals surface area contributed by atoms with Crippen molar-refractivity contribution >= 4 is 5.97 Å². The number of nitrogens with one attached hydrogen (secondary N) is 1. The number of ether oxygens (including phenoxy) is 2. The van der Waals surface area contributed by atoms with Gasteiger partial charge in [-0.25, -0.2) is 0 Å². The summed E-state index contributed by atoms with van der Waals surface area (Å²) in [5, 5.41) is 3.31. The molecule has 2 aliphatic rings. The first kappa shape index (κ1) is 15.8. The average Bonchev–Trinajstić information content (AvgIpc) is 2.49. The van der Waals surface area contributed by atoms with E-state index in [1.54, 1.807) is 0 Å². The first-order valence-corrected chi connectivity index (χ1v) is 8.31. The topological polar surface area (TPSA) is 47.6 Å². The molecule has 20 heavy (non-hydrogen) atoms. The number of esters is 1. The fraction of sp³-hybridized carbons (Fsp3) is 0.938. The third kappa shape index (κ3) is 5.06. The van der Waals surface area contributed by atoms with Crippen LogP contribution in [0.5, 0.6) is 0 Å². The minimum atomic E-state index is -0.0794. The smallest absolute Gasteiger partial charge is 0.308 e. The van der Waals surface area contributed by atoms with Gasteiger partial charge in [-0.2, -0.15) is 0 Å². The monoisotopic (exact) mass is 283 g/mol. The van der Waals surface area contributed by atoms with E-state index < -0.39 is 0 Å². The van der Waals surface area contributed by atoms with Crippen LogP contribution in [0, 0.1) is 5.92 Å². The zero-order valence-electron chi connectivity index (χ0n) is 12.7. The minimum Gasteiger partial charge on any atom is -0.462 e. The van der Waals surface area contributed by atoms with E-state index in [9.17, 15) is 4.79 Å². The molecule has 1 aliphatic heterocycles. The summed E-state index contributed by atoms with van der Waals surface area (Å²) in [6, 6.07) is 0. The molecule has 0 aromatic carbocycles. The predicted octanol–water partition coefficient (Wildman–Crippen LogP) is 2.66. The summed E-state index contributed by atoms with van der Waals surface area (Å²) in [5.41, 5.74) is 0. The molecule has 0 bridgehead atoms. The van der Waals surface area contributed by atoms with Crippen LogP contribution in [-0.2, 0) is 14.3 Å². The van der Waals surface area contributed by atoms with E-state index >= 15 is 0 Å². The van der Waals surface area contributed by atoms with Crippen LogP contribution in [0.25, 0.3) is 0 Å². The molecule has 4 nitrogen and oxygen atoms in total. The SMILES string of the molecule is CCC1CCCCC1OC(=O)CCOC1CCNCC1. The lowest BCUT2D eigenvalue weighted by Crippen LogP contribution is -2.33. The van der Waals surface area contributed by atoms with E-state index in [0.717, 1.165) is 38.8 Å². The van der Waals surface area contributed by atoms with E-state index in [4.69, 9.17) is 9.47 Å². The van der Waals surface area contributed by atoms with Gasteiger partial charge >= 0.3 is 5.97 Å². The Morgan fingerprint density at radius 2 is 1.90 bits per heavy atom. The normalized spacial score (nSPS) is 28.2. The largest absolute Gasteiger partial charge is 0.462 e. The van der Waals surface area contributed by atoms with Gasteiger partial charge in [-0.3, -0.25) is 4.79 Å². The maximum Gasteiger partial charge on any atom is 0.308 e. The molecule has 0 spiro atoms. The van der Waals surface area contributed by atoms with Crippen LogP contribution in [0.1, 0.15) is 58.3 Å². The summed E-state index contributed by atoms with van der Waals surface area (Å²) >= 11 is 0. The molecule has 0 amide bonds. The molecule has 1 heterocycles. The van der Waals surface area contributed by atoms with Crippen molar-refractivity contribution in [1.29, 1.82) is 0 Å².